The highest BCUT2D eigenvalue weighted by atomic mass is 32.2. The predicted octanol–water partition coefficient (Wildman–Crippen LogP) is 7.11. The molecule has 4 N–H and O–H groups in total. The minimum atomic E-state index is -3.78. The first-order valence-corrected chi connectivity index (χ1v) is 16.4. The maximum Gasteiger partial charge on any atom is 0.255 e. The average Bonchev–Trinajstić information content (AvgIpc) is 3.67. The van der Waals surface area contributed by atoms with E-state index in [1.54, 1.807) is 48.6 Å². The van der Waals surface area contributed by atoms with E-state index >= 15 is 0 Å². The summed E-state index contributed by atoms with van der Waals surface area (Å²) in [7, 11) is -2.31. The van der Waals surface area contributed by atoms with E-state index < -0.39 is 27.6 Å². The Labute approximate surface area is 269 Å². The van der Waals surface area contributed by atoms with Crippen LogP contribution in [0.25, 0.3) is 61.9 Å². The highest BCUT2D eigenvalue weighted by Gasteiger charge is 2.25. The van der Waals surface area contributed by atoms with Gasteiger partial charge in [0.25, 0.3) is 5.91 Å². The lowest BCUT2D eigenvalue weighted by Gasteiger charge is -2.14. The number of benzene rings is 3. The molecule has 0 aliphatic heterocycles. The van der Waals surface area contributed by atoms with Crippen molar-refractivity contribution in [3.05, 3.63) is 102 Å². The standard InChI is InChI=1S/C35H30F2N4O5S/c1-3-47(44,45)41-29-19-31-25(32(35(43)38-2)34(46-31)21-10-13-22(36)14-11-21)17-24(29)28-15-12-20(7-4-5-16-42)33(40-28)30-18-23-26(37)8-6-9-27(23)39-30/h4,6-15,17-19,39,41-42H,3,5,16H2,1-2H3,(H,38,43)/b7-4+. The van der Waals surface area contributed by atoms with Crippen LogP contribution in [-0.2, 0) is 10.0 Å². The number of nitrogens with one attached hydrogen (secondary N) is 3. The molecule has 0 saturated carbocycles. The Hall–Kier alpha value is -5.33. The molecule has 6 rings (SSSR count). The molecule has 3 heterocycles. The number of carbonyl (C=O) groups is 1. The van der Waals surface area contributed by atoms with Crippen molar-refractivity contribution in [2.75, 3.05) is 24.1 Å². The van der Waals surface area contributed by atoms with Crippen LogP contribution in [0.2, 0.25) is 0 Å². The number of fused-ring (bicyclic) bond motifs is 2. The van der Waals surface area contributed by atoms with Gasteiger partial charge in [0.05, 0.1) is 34.1 Å². The number of aliphatic hydroxyl groups is 1. The lowest BCUT2D eigenvalue weighted by atomic mass is 10.00. The van der Waals surface area contributed by atoms with Gasteiger partial charge in [0, 0.05) is 52.7 Å². The third-order valence-electron chi connectivity index (χ3n) is 7.70. The fourth-order valence-corrected chi connectivity index (χ4v) is 5.98. The number of amides is 1. The second kappa shape index (κ2) is 12.8. The molecule has 0 bridgehead atoms. The van der Waals surface area contributed by atoms with E-state index in [0.717, 1.165) is 0 Å². The molecule has 0 fully saturated rings. The van der Waals surface area contributed by atoms with Crippen LogP contribution in [-0.4, -0.2) is 48.8 Å². The molecule has 0 aliphatic rings. The number of anilines is 1. The molecule has 3 aromatic carbocycles. The normalized spacial score (nSPS) is 11.9. The average molecular weight is 657 g/mol. The van der Waals surface area contributed by atoms with Crippen molar-refractivity contribution in [3.8, 4) is 34.0 Å². The van der Waals surface area contributed by atoms with Gasteiger partial charge in [-0.3, -0.25) is 9.52 Å². The van der Waals surface area contributed by atoms with Gasteiger partial charge in [0.2, 0.25) is 10.0 Å². The highest BCUT2D eigenvalue weighted by molar-refractivity contribution is 7.92. The van der Waals surface area contributed by atoms with Gasteiger partial charge >= 0.3 is 0 Å². The van der Waals surface area contributed by atoms with Crippen LogP contribution in [0.15, 0.2) is 83.3 Å². The number of rotatable bonds is 10. The van der Waals surface area contributed by atoms with Crippen molar-refractivity contribution >= 4 is 49.6 Å². The summed E-state index contributed by atoms with van der Waals surface area (Å²) in [5.41, 5.74) is 3.89. The molecular weight excluding hydrogens is 626 g/mol. The Morgan fingerprint density at radius 2 is 1.83 bits per heavy atom. The zero-order chi connectivity index (χ0) is 33.3. The van der Waals surface area contributed by atoms with E-state index in [0.29, 0.717) is 56.5 Å². The van der Waals surface area contributed by atoms with E-state index in [2.05, 4.69) is 15.0 Å². The first-order chi connectivity index (χ1) is 22.6. The minimum Gasteiger partial charge on any atom is -0.455 e. The summed E-state index contributed by atoms with van der Waals surface area (Å²) in [4.78, 5) is 21.4. The summed E-state index contributed by atoms with van der Waals surface area (Å²) in [6.45, 7) is 1.46. The predicted molar refractivity (Wildman–Crippen MR) is 179 cm³/mol. The first kappa shape index (κ1) is 31.6. The fraction of sp³-hybridized carbons (Fsp3) is 0.143. The van der Waals surface area contributed by atoms with Crippen LogP contribution in [0.3, 0.4) is 0 Å². The number of hydrogen-bond acceptors (Lipinski definition) is 6. The second-order valence-electron chi connectivity index (χ2n) is 10.7. The van der Waals surface area contributed by atoms with Gasteiger partial charge in [-0.2, -0.15) is 0 Å². The number of halogens is 2. The molecular formula is C35H30F2N4O5S. The van der Waals surface area contributed by atoms with Crippen LogP contribution < -0.4 is 10.0 Å². The summed E-state index contributed by atoms with van der Waals surface area (Å²) in [5.74, 6) is -1.35. The fourth-order valence-electron chi connectivity index (χ4n) is 5.33. The first-order valence-electron chi connectivity index (χ1n) is 14.8. The van der Waals surface area contributed by atoms with Crippen molar-refractivity contribution in [1.29, 1.82) is 0 Å². The van der Waals surface area contributed by atoms with Crippen LogP contribution in [0.5, 0.6) is 0 Å². The molecule has 0 spiro atoms. The molecule has 6 aromatic rings. The summed E-state index contributed by atoms with van der Waals surface area (Å²) < 4.78 is 62.9. The van der Waals surface area contributed by atoms with E-state index in [4.69, 9.17) is 9.40 Å². The van der Waals surface area contributed by atoms with E-state index in [1.807, 2.05) is 0 Å². The van der Waals surface area contributed by atoms with E-state index in [-0.39, 0.29) is 35.0 Å². The zero-order valence-corrected chi connectivity index (χ0v) is 26.2. The number of H-pyrrole nitrogens is 1. The third-order valence-corrected chi connectivity index (χ3v) is 8.99. The Kier molecular flexibility index (Phi) is 8.63. The number of carbonyl (C=O) groups excluding carboxylic acids is 1. The number of aliphatic hydroxyl groups excluding tert-OH is 1. The number of aromatic amines is 1. The highest BCUT2D eigenvalue weighted by Crippen LogP contribution is 2.40. The lowest BCUT2D eigenvalue weighted by molar-refractivity contribution is 0.0964. The second-order valence-corrected chi connectivity index (χ2v) is 12.7. The number of pyridine rings is 1. The van der Waals surface area contributed by atoms with Gasteiger partial charge in [-0.15, -0.1) is 0 Å². The molecule has 9 nitrogen and oxygen atoms in total. The Bertz CT molecular complexity index is 2280. The summed E-state index contributed by atoms with van der Waals surface area (Å²) in [5, 5.41) is 12.7. The number of hydrogen-bond donors (Lipinski definition) is 4. The third kappa shape index (κ3) is 6.25. The Morgan fingerprint density at radius 3 is 2.53 bits per heavy atom. The van der Waals surface area contributed by atoms with Crippen molar-refractivity contribution in [2.24, 2.45) is 0 Å². The van der Waals surface area contributed by atoms with Gasteiger partial charge in [-0.05, 0) is 67.9 Å². The van der Waals surface area contributed by atoms with Gasteiger partial charge < -0.3 is 19.8 Å². The molecule has 240 valence electrons. The minimum absolute atomic E-state index is 0.0474. The van der Waals surface area contributed by atoms with E-state index in [9.17, 15) is 27.1 Å². The molecule has 0 unspecified atom stereocenters. The maximum atomic E-state index is 14.7. The molecule has 0 aliphatic carbocycles. The summed E-state index contributed by atoms with van der Waals surface area (Å²) >= 11 is 0. The quantitative estimate of drug-likeness (QED) is 0.124. The summed E-state index contributed by atoms with van der Waals surface area (Å²) in [6, 6.07) is 18.4. The Balaban J connectivity index is 1.62. The van der Waals surface area contributed by atoms with Crippen molar-refractivity contribution in [1.82, 2.24) is 15.3 Å². The zero-order valence-electron chi connectivity index (χ0n) is 25.4. The number of nitrogens with zero attached hydrogens (tertiary/aromatic N) is 1. The number of sulfonamides is 1. The van der Waals surface area contributed by atoms with E-state index in [1.165, 1.54) is 50.4 Å². The molecule has 0 radical (unpaired) electrons. The SMILES string of the molecule is CCS(=O)(=O)Nc1cc2oc(-c3ccc(F)cc3)c(C(=O)NC)c2cc1-c1ccc(/C=C/CCO)c(-c2cc3c(F)cccc3[nH]2)n1. The molecule has 3 aromatic heterocycles. The topological polar surface area (TPSA) is 137 Å². The van der Waals surface area contributed by atoms with Crippen molar-refractivity contribution in [2.45, 2.75) is 13.3 Å². The smallest absolute Gasteiger partial charge is 0.255 e. The molecule has 47 heavy (non-hydrogen) atoms. The largest absolute Gasteiger partial charge is 0.455 e. The maximum absolute atomic E-state index is 14.7. The Morgan fingerprint density at radius 1 is 1.04 bits per heavy atom. The van der Waals surface area contributed by atoms with Crippen LogP contribution in [0.1, 0.15) is 29.3 Å². The molecule has 0 saturated heterocycles. The van der Waals surface area contributed by atoms with Gasteiger partial charge in [-0.25, -0.2) is 22.2 Å². The van der Waals surface area contributed by atoms with Gasteiger partial charge in [-0.1, -0.05) is 24.3 Å². The molecule has 0 atom stereocenters. The van der Waals surface area contributed by atoms with Crippen molar-refractivity contribution < 1.29 is 31.5 Å². The number of furan rings is 1. The van der Waals surface area contributed by atoms with Gasteiger partial charge in [0.1, 0.15) is 23.0 Å². The molecule has 1 amide bonds. The van der Waals surface area contributed by atoms with Gasteiger partial charge in [0.15, 0.2) is 0 Å². The monoisotopic (exact) mass is 656 g/mol. The van der Waals surface area contributed by atoms with Crippen LogP contribution >= 0.6 is 0 Å². The van der Waals surface area contributed by atoms with Crippen LogP contribution in [0, 0.1) is 11.6 Å². The van der Waals surface area contributed by atoms with Crippen LogP contribution in [0.4, 0.5) is 14.5 Å². The lowest BCUT2D eigenvalue weighted by Crippen LogP contribution is -2.18. The van der Waals surface area contributed by atoms with Crippen molar-refractivity contribution in [3.63, 3.8) is 0 Å². The number of aromatic nitrogens is 2. The molecule has 12 heteroatoms. The summed E-state index contributed by atoms with van der Waals surface area (Å²) in [6.07, 6.45) is 3.98.